The molecule has 33 heteroatoms. The van der Waals surface area contributed by atoms with Crippen molar-refractivity contribution in [3.63, 3.8) is 0 Å². The Hall–Kier alpha value is -4.22. The molecule has 0 radical (unpaired) electrons. The van der Waals surface area contributed by atoms with E-state index in [4.69, 9.17) is 71.4 Å². The number of nitrogens with zero attached hydrogens (tertiary/aromatic N) is 3. The topological polar surface area (TPSA) is 425 Å². The molecule has 4 amide bonds. The van der Waals surface area contributed by atoms with Gasteiger partial charge in [0.2, 0.25) is 0 Å². The average molecular weight is 1510 g/mol. The predicted octanol–water partition coefficient (Wildman–Crippen LogP) is -0.526. The highest BCUT2D eigenvalue weighted by Gasteiger charge is 2.54. The molecule has 4 fully saturated rings. The largest absolute Gasteiger partial charge is 0.493 e. The van der Waals surface area contributed by atoms with Gasteiger partial charge in [0, 0.05) is 53.4 Å². The summed E-state index contributed by atoms with van der Waals surface area (Å²) in [4.78, 5) is 58.7. The Morgan fingerprint density at radius 1 is 0.448 bits per heavy atom. The molecule has 1 aromatic rings. The van der Waals surface area contributed by atoms with Gasteiger partial charge in [-0.25, -0.2) is 0 Å². The molecule has 0 bridgehead atoms. The molecule has 20 atom stereocenters. The number of carbonyl (C=O) groups excluding carboxylic acids is 4. The Bertz CT molecular complexity index is 2590. The summed E-state index contributed by atoms with van der Waals surface area (Å²) in [5.74, 6) is -0.802. The van der Waals surface area contributed by atoms with Gasteiger partial charge in [-0.2, -0.15) is 0 Å². The van der Waals surface area contributed by atoms with E-state index in [9.17, 15) is 60.0 Å². The van der Waals surface area contributed by atoms with Crippen LogP contribution < -0.4 is 25.4 Å². The molecule has 1 aromatic carbocycles. The van der Waals surface area contributed by atoms with E-state index in [1.807, 2.05) is 20.2 Å². The Morgan fingerprint density at radius 2 is 0.829 bits per heavy atom. The number of ether oxygens (including phenoxy) is 14. The van der Waals surface area contributed by atoms with E-state index in [2.05, 4.69) is 16.0 Å². The number of hydrogen-bond donors (Lipinski definition) is 12. The maximum Gasteiger partial charge on any atom is 0.254 e. The van der Waals surface area contributed by atoms with Crippen molar-refractivity contribution in [1.29, 1.82) is 0 Å². The lowest BCUT2D eigenvalue weighted by molar-refractivity contribution is -0.314. The summed E-state index contributed by atoms with van der Waals surface area (Å²) >= 11 is 0. The third-order valence-electron chi connectivity index (χ3n) is 18.0. The SMILES string of the molecule is CCN(CCCCO)C(=O)C1O[C@@H](OCCO[C@@H]2C(C(=O)N(C)CCCCCCNC)O[C@@H](OC(C)C)[C@@H](O)[C@H]2O)[C@@H](O)[C@@H](O)[C@@H]1OC(C)C.CNCCCCCCN(C)C(=O)C1O[C@@H](OC(C)C)[C@@H](O)[C@@H](O)[C@@H]1OCCO[C@@H]1OC(C(=O)NCCc2ccc(OC)c(OC)c2)[C@@H](OC(C)C)[C@H](O)[C@@H]1O. The molecule has 610 valence electrons. The smallest absolute Gasteiger partial charge is 0.254 e. The number of rotatable bonds is 46. The van der Waals surface area contributed by atoms with Gasteiger partial charge in [0.25, 0.3) is 23.6 Å². The molecule has 0 saturated carbocycles. The van der Waals surface area contributed by atoms with Gasteiger partial charge < -0.3 is 143 Å². The van der Waals surface area contributed by atoms with Gasteiger partial charge in [0.1, 0.15) is 73.2 Å². The van der Waals surface area contributed by atoms with Crippen LogP contribution in [-0.4, -0.2) is 353 Å². The number of carbonyl (C=O) groups is 4. The van der Waals surface area contributed by atoms with E-state index in [1.54, 1.807) is 95.7 Å². The molecular formula is C72H130N6O27. The third-order valence-corrected chi connectivity index (χ3v) is 18.0. The van der Waals surface area contributed by atoms with Crippen LogP contribution in [0.1, 0.15) is 132 Å². The zero-order valence-electron chi connectivity index (χ0n) is 64.6. The zero-order valence-corrected chi connectivity index (χ0v) is 64.6. The molecule has 4 heterocycles. The standard InChI is InChI=1S/C38H65N3O14.C34H65N3O13/c1-22(2)52-32-28(43)29(44)37(54-33(32)35(46)40-17-15-24-13-14-25(48-7)26(21-24)49-8)51-20-19-50-31-27(42)30(45)38(53-23(3)4)55-34(31)36(47)41(6)18-12-10-9-11-16-39-5;1-8-37(17-13-14-18-38)32(44)30-28(47-21(2)3)24(40)25(41)33(49-30)46-20-19-45-27-23(39)26(42)34(48-22(4)5)50-29(27)31(43)36(7)16-12-10-9-11-15-35-6/h13-14,21-23,27-34,37-39,42-45H,9-12,15-20H2,1-8H3,(H,40,46);21-30,33-35,38-42H,8-20H2,1-7H3/t27-,28-,29+,30+,31+,32+,33?,34?,37-,38-;23-,24-,25+,26+,27+,28+,29?,30?,33-,34-/m11/s1. The highest BCUT2D eigenvalue weighted by Crippen LogP contribution is 2.33. The number of likely N-dealkylation sites (N-methyl/N-ethyl adjacent to an activating group) is 3. The van der Waals surface area contributed by atoms with Crippen LogP contribution in [0.15, 0.2) is 18.2 Å². The van der Waals surface area contributed by atoms with Crippen LogP contribution in [0.3, 0.4) is 0 Å². The average Bonchev–Trinajstić information content (AvgIpc) is 0.808. The molecule has 33 nitrogen and oxygen atoms in total. The van der Waals surface area contributed by atoms with Crippen LogP contribution in [-0.2, 0) is 82.4 Å². The lowest BCUT2D eigenvalue weighted by atomic mass is 9.97. The quantitative estimate of drug-likeness (QED) is 0.0365. The van der Waals surface area contributed by atoms with Crippen molar-refractivity contribution < 1.29 is 131 Å². The minimum absolute atomic E-state index is 0.00796. The summed E-state index contributed by atoms with van der Waals surface area (Å²) in [5.41, 5.74) is 0.879. The molecule has 4 saturated heterocycles. The van der Waals surface area contributed by atoms with Gasteiger partial charge in [-0.1, -0.05) is 31.7 Å². The van der Waals surface area contributed by atoms with Crippen LogP contribution in [0.2, 0.25) is 0 Å². The van der Waals surface area contributed by atoms with Gasteiger partial charge in [-0.15, -0.1) is 0 Å². The Balaban J connectivity index is 0.000000447. The molecule has 5 rings (SSSR count). The van der Waals surface area contributed by atoms with Gasteiger partial charge in [-0.05, 0) is 152 Å². The minimum Gasteiger partial charge on any atom is -0.493 e. The molecule has 105 heavy (non-hydrogen) atoms. The van der Waals surface area contributed by atoms with E-state index < -0.39 is 153 Å². The fourth-order valence-corrected chi connectivity index (χ4v) is 12.3. The molecule has 12 N–H and O–H groups in total. The molecule has 4 unspecified atom stereocenters. The number of amides is 4. The number of unbranched alkanes of at least 4 members (excludes halogenated alkanes) is 7. The van der Waals surface area contributed by atoms with Crippen molar-refractivity contribution in [2.24, 2.45) is 0 Å². The highest BCUT2D eigenvalue weighted by molar-refractivity contribution is 5.83. The van der Waals surface area contributed by atoms with E-state index in [0.29, 0.717) is 56.9 Å². The number of nitrogens with one attached hydrogen (secondary N) is 3. The number of benzene rings is 1. The van der Waals surface area contributed by atoms with Gasteiger partial charge >= 0.3 is 0 Å². The van der Waals surface area contributed by atoms with E-state index in [0.717, 1.165) is 70.0 Å². The minimum atomic E-state index is -1.60. The number of aliphatic hydroxyl groups is 9. The summed E-state index contributed by atoms with van der Waals surface area (Å²) in [7, 11) is 10.2. The fraction of sp³-hybridized carbons (Fsp3) is 0.861. The third kappa shape index (κ3) is 29.5. The number of aliphatic hydroxyl groups excluding tert-OH is 9. The van der Waals surface area contributed by atoms with Gasteiger partial charge in [0.05, 0.1) is 65.1 Å². The molecular weight excluding hydrogens is 1380 g/mol. The van der Waals surface area contributed by atoms with Crippen molar-refractivity contribution in [3.05, 3.63) is 23.8 Å². The Kier molecular flexibility index (Phi) is 43.6. The van der Waals surface area contributed by atoms with Gasteiger partial charge in [-0.3, -0.25) is 19.2 Å². The lowest BCUT2D eigenvalue weighted by Crippen LogP contribution is -2.64. The van der Waals surface area contributed by atoms with Crippen LogP contribution in [0.4, 0.5) is 0 Å². The molecule has 0 aromatic heterocycles. The van der Waals surface area contributed by atoms with E-state index >= 15 is 0 Å². The van der Waals surface area contributed by atoms with Crippen molar-refractivity contribution in [1.82, 2.24) is 30.7 Å². The highest BCUT2D eigenvalue weighted by atomic mass is 16.7. The molecule has 4 aliphatic heterocycles. The lowest BCUT2D eigenvalue weighted by Gasteiger charge is -2.44. The Labute approximate surface area is 620 Å². The second-order valence-electron chi connectivity index (χ2n) is 27.8. The molecule has 4 aliphatic rings. The maximum atomic E-state index is 13.6. The monoisotopic (exact) mass is 1510 g/mol. The Morgan fingerprint density at radius 3 is 1.25 bits per heavy atom. The number of hydrogen-bond acceptors (Lipinski definition) is 29. The summed E-state index contributed by atoms with van der Waals surface area (Å²) in [6.45, 7) is 18.4. The molecule has 0 aliphatic carbocycles. The first-order valence-corrected chi connectivity index (χ1v) is 37.3. The van der Waals surface area contributed by atoms with E-state index in [-0.39, 0.29) is 57.9 Å². The second-order valence-corrected chi connectivity index (χ2v) is 27.8. The first-order valence-electron chi connectivity index (χ1n) is 37.3. The van der Waals surface area contributed by atoms with Crippen molar-refractivity contribution in [2.45, 2.75) is 280 Å². The van der Waals surface area contributed by atoms with Crippen molar-refractivity contribution in [3.8, 4) is 11.5 Å². The normalized spacial score (nSPS) is 29.2. The predicted molar refractivity (Wildman–Crippen MR) is 381 cm³/mol. The first-order chi connectivity index (χ1) is 50.0. The fourth-order valence-electron chi connectivity index (χ4n) is 12.3. The van der Waals surface area contributed by atoms with Crippen LogP contribution in [0, 0.1) is 0 Å². The van der Waals surface area contributed by atoms with Gasteiger partial charge in [0.15, 0.2) is 61.1 Å². The van der Waals surface area contributed by atoms with Crippen molar-refractivity contribution >= 4 is 23.6 Å². The van der Waals surface area contributed by atoms with Crippen molar-refractivity contribution in [2.75, 3.05) is 121 Å². The van der Waals surface area contributed by atoms with Crippen LogP contribution >= 0.6 is 0 Å². The zero-order chi connectivity index (χ0) is 78.0. The molecule has 0 spiro atoms. The van der Waals surface area contributed by atoms with E-state index in [1.165, 1.54) is 21.8 Å². The summed E-state index contributed by atoms with van der Waals surface area (Å²) < 4.78 is 80.5. The maximum absolute atomic E-state index is 13.6. The summed E-state index contributed by atoms with van der Waals surface area (Å²) in [6, 6.07) is 5.43. The van der Waals surface area contributed by atoms with Crippen LogP contribution in [0.5, 0.6) is 11.5 Å². The second kappa shape index (κ2) is 49.1. The first kappa shape index (κ1) is 93.2. The number of methoxy groups -OCH3 is 2. The van der Waals surface area contributed by atoms with Crippen LogP contribution in [0.25, 0.3) is 0 Å². The summed E-state index contributed by atoms with van der Waals surface area (Å²) in [6.07, 6.45) is -20.5. The summed E-state index contributed by atoms with van der Waals surface area (Å²) in [5, 5.41) is 106.